The molecule has 0 fully saturated rings. The van der Waals surface area contributed by atoms with Gasteiger partial charge in [-0.05, 0) is 66.7 Å². The molecule has 0 saturated carbocycles. The van der Waals surface area contributed by atoms with E-state index in [1.54, 1.807) is 0 Å². The average Bonchev–Trinajstić information content (AvgIpc) is 4.09. The number of fused-ring (bicyclic) bond motifs is 12. The molecule has 0 aliphatic carbocycles. The molecule has 0 N–H and O–H groups in total. The van der Waals surface area contributed by atoms with Gasteiger partial charge in [-0.2, -0.15) is 4.98 Å². The minimum Gasteiger partial charge on any atom is -0.309 e. The van der Waals surface area contributed by atoms with Gasteiger partial charge >= 0.3 is 0 Å². The van der Waals surface area contributed by atoms with Gasteiger partial charge in [-0.3, -0.25) is 9.13 Å². The minimum absolute atomic E-state index is 0.599. The molecule has 5 heterocycles. The molecule has 0 aliphatic rings. The van der Waals surface area contributed by atoms with Gasteiger partial charge in [0.15, 0.2) is 0 Å². The van der Waals surface area contributed by atoms with Crippen LogP contribution in [0.2, 0.25) is 0 Å². The van der Waals surface area contributed by atoms with Gasteiger partial charge in [0.05, 0.1) is 55.5 Å². The predicted molar refractivity (Wildman–Crippen MR) is 265 cm³/mol. The molecule has 0 aliphatic heterocycles. The summed E-state index contributed by atoms with van der Waals surface area (Å²) in [5, 5.41) is 9.51. The average molecular weight is 817 g/mol. The summed E-state index contributed by atoms with van der Waals surface area (Å²) in [5.41, 5.74) is 12.7. The second-order valence-corrected chi connectivity index (χ2v) is 16.6. The lowest BCUT2D eigenvalue weighted by atomic mass is 10.1. The van der Waals surface area contributed by atoms with Crippen LogP contribution in [0.25, 0.3) is 122 Å². The smallest absolute Gasteiger partial charge is 0.237 e. The van der Waals surface area contributed by atoms with Crippen LogP contribution in [0, 0.1) is 0 Å². The fourth-order valence-corrected chi connectivity index (χ4v) is 10.5. The third kappa shape index (κ3) is 4.90. The van der Waals surface area contributed by atoms with Crippen molar-refractivity contribution in [3.05, 3.63) is 218 Å². The van der Waals surface area contributed by atoms with Crippen molar-refractivity contribution in [2.24, 2.45) is 0 Å². The van der Waals surface area contributed by atoms with Crippen molar-refractivity contribution in [3.63, 3.8) is 0 Å². The maximum Gasteiger partial charge on any atom is 0.237 e. The molecule has 5 aromatic heterocycles. The largest absolute Gasteiger partial charge is 0.309 e. The van der Waals surface area contributed by atoms with Crippen molar-refractivity contribution in [3.8, 4) is 34.4 Å². The first-order valence-electron chi connectivity index (χ1n) is 21.8. The van der Waals surface area contributed by atoms with Crippen LogP contribution in [0.15, 0.2) is 218 Å². The van der Waals surface area contributed by atoms with E-state index in [2.05, 4.69) is 237 Å². The van der Waals surface area contributed by atoms with Crippen molar-refractivity contribution in [2.45, 2.75) is 0 Å². The Morgan fingerprint density at radius 1 is 0.266 bits per heavy atom. The van der Waals surface area contributed by atoms with Crippen molar-refractivity contribution in [1.29, 1.82) is 0 Å². The Bertz CT molecular complexity index is 3870. The molecular formula is C58H36N6. The second kappa shape index (κ2) is 13.4. The molecule has 6 nitrogen and oxygen atoms in total. The van der Waals surface area contributed by atoms with Crippen LogP contribution in [0.3, 0.4) is 0 Å². The number of aromatic nitrogens is 6. The van der Waals surface area contributed by atoms with Gasteiger partial charge in [0.25, 0.3) is 0 Å². The summed E-state index contributed by atoms with van der Waals surface area (Å²) in [4.78, 5) is 11.3. The zero-order valence-electron chi connectivity index (χ0n) is 34.5. The van der Waals surface area contributed by atoms with E-state index in [1.807, 2.05) is 0 Å². The lowest BCUT2D eigenvalue weighted by molar-refractivity contribution is 0.951. The Morgan fingerprint density at radius 2 is 0.594 bits per heavy atom. The summed E-state index contributed by atoms with van der Waals surface area (Å²) in [6.07, 6.45) is 0. The van der Waals surface area contributed by atoms with Gasteiger partial charge < -0.3 is 9.13 Å². The number of hydrogen-bond acceptors (Lipinski definition) is 2. The van der Waals surface area contributed by atoms with Crippen LogP contribution in [-0.2, 0) is 0 Å². The molecule has 64 heavy (non-hydrogen) atoms. The highest BCUT2D eigenvalue weighted by atomic mass is 15.2. The van der Waals surface area contributed by atoms with E-state index in [1.165, 1.54) is 32.3 Å². The minimum atomic E-state index is 0.599. The fraction of sp³-hybridized carbons (Fsp3) is 0. The number of nitrogens with zero attached hydrogens (tertiary/aromatic N) is 6. The molecule has 0 radical (unpaired) electrons. The van der Waals surface area contributed by atoms with Crippen LogP contribution < -0.4 is 0 Å². The maximum absolute atomic E-state index is 5.71. The van der Waals surface area contributed by atoms with Gasteiger partial charge in [-0.1, -0.05) is 146 Å². The Hall–Kier alpha value is -8.74. The van der Waals surface area contributed by atoms with E-state index in [4.69, 9.17) is 9.97 Å². The van der Waals surface area contributed by atoms with Crippen LogP contribution in [0.5, 0.6) is 0 Å². The molecule has 6 heteroatoms. The highest BCUT2D eigenvalue weighted by Gasteiger charge is 2.23. The first-order valence-corrected chi connectivity index (χ1v) is 21.8. The zero-order chi connectivity index (χ0) is 41.9. The zero-order valence-corrected chi connectivity index (χ0v) is 34.5. The van der Waals surface area contributed by atoms with Crippen LogP contribution in [0.1, 0.15) is 0 Å². The van der Waals surface area contributed by atoms with Crippen molar-refractivity contribution >= 4 is 87.2 Å². The molecule has 14 aromatic rings. The normalized spacial score (nSPS) is 12.1. The molecule has 0 spiro atoms. The number of benzene rings is 9. The van der Waals surface area contributed by atoms with Gasteiger partial charge in [0, 0.05) is 60.4 Å². The van der Waals surface area contributed by atoms with E-state index in [9.17, 15) is 0 Å². The summed E-state index contributed by atoms with van der Waals surface area (Å²) in [6, 6.07) is 78.4. The summed E-state index contributed by atoms with van der Waals surface area (Å²) >= 11 is 0. The number of hydrogen-bond donors (Lipinski definition) is 0. The predicted octanol–water partition coefficient (Wildman–Crippen LogP) is 14.5. The summed E-state index contributed by atoms with van der Waals surface area (Å²) in [7, 11) is 0. The Labute approximate surface area is 366 Å². The number of para-hydroxylation sites is 8. The maximum atomic E-state index is 5.71. The molecule has 0 atom stereocenters. The molecule has 9 aromatic carbocycles. The van der Waals surface area contributed by atoms with Gasteiger partial charge in [-0.15, -0.1) is 0 Å². The Morgan fingerprint density at radius 3 is 0.984 bits per heavy atom. The summed E-state index contributed by atoms with van der Waals surface area (Å²) in [5.74, 6) is 1.39. The lowest BCUT2D eigenvalue weighted by Gasteiger charge is -2.18. The van der Waals surface area contributed by atoms with Crippen LogP contribution in [-0.4, -0.2) is 28.2 Å². The molecule has 0 amide bonds. The van der Waals surface area contributed by atoms with Gasteiger partial charge in [0.2, 0.25) is 5.95 Å². The van der Waals surface area contributed by atoms with Crippen LogP contribution in [0.4, 0.5) is 0 Å². The lowest BCUT2D eigenvalue weighted by Crippen LogP contribution is -2.08. The van der Waals surface area contributed by atoms with E-state index in [0.717, 1.165) is 83.4 Å². The van der Waals surface area contributed by atoms with E-state index in [0.29, 0.717) is 5.95 Å². The quantitative estimate of drug-likeness (QED) is 0.174. The first kappa shape index (κ1) is 34.9. The third-order valence-corrected chi connectivity index (χ3v) is 13.2. The van der Waals surface area contributed by atoms with Crippen molar-refractivity contribution in [2.75, 3.05) is 0 Å². The van der Waals surface area contributed by atoms with E-state index < -0.39 is 0 Å². The van der Waals surface area contributed by atoms with Crippen LogP contribution >= 0.6 is 0 Å². The molecule has 0 unspecified atom stereocenters. The Kier molecular flexibility index (Phi) is 7.30. The fourth-order valence-electron chi connectivity index (χ4n) is 10.5. The van der Waals surface area contributed by atoms with Crippen molar-refractivity contribution in [1.82, 2.24) is 28.2 Å². The number of rotatable bonds is 5. The van der Waals surface area contributed by atoms with Gasteiger partial charge in [0.1, 0.15) is 5.82 Å². The van der Waals surface area contributed by atoms with E-state index >= 15 is 0 Å². The first-order chi connectivity index (χ1) is 31.8. The second-order valence-electron chi connectivity index (χ2n) is 16.6. The summed E-state index contributed by atoms with van der Waals surface area (Å²) < 4.78 is 9.36. The SMILES string of the molecule is c1ccc2c(c1)c1ccccc1n2-c1ccc(-n2c3ccccc3c3ccccc32)c(-c2cc(-n3c4ccccc4c4ccccc43)nc(-n3c4ccccc4c4ccccc43)n2)c1. The van der Waals surface area contributed by atoms with Gasteiger partial charge in [-0.25, -0.2) is 4.98 Å². The highest BCUT2D eigenvalue weighted by molar-refractivity contribution is 6.12. The topological polar surface area (TPSA) is 45.5 Å². The van der Waals surface area contributed by atoms with E-state index in [-0.39, 0.29) is 0 Å². The molecular weight excluding hydrogens is 781 g/mol. The third-order valence-electron chi connectivity index (χ3n) is 13.2. The molecule has 298 valence electrons. The standard InChI is InChI=1S/C58H36N6/c1-9-25-48-38(17-1)39-18-2-10-26-49(39)61(48)37-33-34-56(62-50-27-11-3-19-40(50)41-20-4-12-28-51(41)62)46(35-37)47-36-57(63-52-29-13-5-21-42(52)43-22-6-14-30-53(43)63)60-58(59-47)64-54-31-15-7-23-44(54)45-24-8-16-32-55(45)64/h1-36H. The summed E-state index contributed by atoms with van der Waals surface area (Å²) in [6.45, 7) is 0. The Balaban J connectivity index is 1.15. The molecule has 14 rings (SSSR count). The molecule has 0 bridgehead atoms. The van der Waals surface area contributed by atoms with Crippen molar-refractivity contribution < 1.29 is 0 Å². The monoisotopic (exact) mass is 816 g/mol. The highest BCUT2D eigenvalue weighted by Crippen LogP contribution is 2.41. The molecule has 0 saturated heterocycles.